The van der Waals surface area contributed by atoms with Crippen molar-refractivity contribution in [3.63, 3.8) is 0 Å². The Bertz CT molecular complexity index is 1100. The first-order chi connectivity index (χ1) is 14.0. The summed E-state index contributed by atoms with van der Waals surface area (Å²) in [5.74, 6) is 1.19. The Hall–Kier alpha value is -3.07. The van der Waals surface area contributed by atoms with Gasteiger partial charge in [-0.2, -0.15) is 4.98 Å². The molecule has 0 spiro atoms. The average Bonchev–Trinajstić information content (AvgIpc) is 3.03. The monoisotopic (exact) mass is 416 g/mol. The minimum atomic E-state index is -0.416. The van der Waals surface area contributed by atoms with Crippen LogP contribution in [0.3, 0.4) is 0 Å². The van der Waals surface area contributed by atoms with Crippen LogP contribution in [0.1, 0.15) is 19.3 Å². The molecule has 0 unspecified atom stereocenters. The lowest BCUT2D eigenvalue weighted by atomic mass is 10.1. The predicted octanol–water partition coefficient (Wildman–Crippen LogP) is 2.18. The zero-order chi connectivity index (χ0) is 20.4. The van der Waals surface area contributed by atoms with Gasteiger partial charge in [0.1, 0.15) is 18.1 Å². The van der Waals surface area contributed by atoms with Crippen molar-refractivity contribution >= 4 is 34.8 Å². The largest absolute Gasteiger partial charge is 0.495 e. The van der Waals surface area contributed by atoms with Gasteiger partial charge in [-0.3, -0.25) is 4.79 Å². The Morgan fingerprint density at radius 2 is 2.03 bits per heavy atom. The predicted molar refractivity (Wildman–Crippen MR) is 110 cm³/mol. The molecule has 1 aliphatic rings. The summed E-state index contributed by atoms with van der Waals surface area (Å²) < 4.78 is 7.53. The second kappa shape index (κ2) is 8.12. The third kappa shape index (κ3) is 4.04. The average molecular weight is 417 g/mol. The van der Waals surface area contributed by atoms with Crippen LogP contribution in [0.25, 0.3) is 5.78 Å². The SMILES string of the molecule is COc1ccc(NC(=O)Cn2nc3nc(N4CCCCC4)ccn3c2=O)cc1Cl. The number of hydrogen-bond donors (Lipinski definition) is 1. The van der Waals surface area contributed by atoms with Crippen LogP contribution < -0.4 is 20.6 Å². The Kier molecular flexibility index (Phi) is 5.39. The lowest BCUT2D eigenvalue weighted by Gasteiger charge is -2.27. The van der Waals surface area contributed by atoms with Crippen molar-refractivity contribution in [1.82, 2.24) is 19.2 Å². The van der Waals surface area contributed by atoms with Crippen LogP contribution in [0.15, 0.2) is 35.3 Å². The number of aromatic nitrogens is 4. The molecule has 29 heavy (non-hydrogen) atoms. The fourth-order valence-electron chi connectivity index (χ4n) is 3.38. The first kappa shape index (κ1) is 19.3. The third-order valence-electron chi connectivity index (χ3n) is 4.85. The van der Waals surface area contributed by atoms with Crippen molar-refractivity contribution in [2.45, 2.75) is 25.8 Å². The molecule has 9 nitrogen and oxygen atoms in total. The molecule has 4 rings (SSSR count). The summed E-state index contributed by atoms with van der Waals surface area (Å²) in [5, 5.41) is 7.30. The smallest absolute Gasteiger partial charge is 0.352 e. The summed E-state index contributed by atoms with van der Waals surface area (Å²) in [6, 6.07) is 6.71. The molecule has 0 aliphatic carbocycles. The van der Waals surface area contributed by atoms with Crippen molar-refractivity contribution in [3.8, 4) is 5.75 Å². The van der Waals surface area contributed by atoms with Crippen LogP contribution in [0.5, 0.6) is 5.75 Å². The second-order valence-corrected chi connectivity index (χ2v) is 7.25. The molecular weight excluding hydrogens is 396 g/mol. The number of fused-ring (bicyclic) bond motifs is 1. The number of carbonyl (C=O) groups excluding carboxylic acids is 1. The lowest BCUT2D eigenvalue weighted by molar-refractivity contribution is -0.117. The van der Waals surface area contributed by atoms with Gasteiger partial charge < -0.3 is 15.0 Å². The van der Waals surface area contributed by atoms with E-state index in [1.807, 2.05) is 6.07 Å². The van der Waals surface area contributed by atoms with E-state index in [1.54, 1.807) is 24.4 Å². The summed E-state index contributed by atoms with van der Waals surface area (Å²) in [7, 11) is 1.51. The number of nitrogens with one attached hydrogen (secondary N) is 1. The number of rotatable bonds is 5. The Morgan fingerprint density at radius 1 is 1.24 bits per heavy atom. The number of halogens is 1. The molecule has 0 saturated carbocycles. The van der Waals surface area contributed by atoms with Gasteiger partial charge in [-0.1, -0.05) is 11.6 Å². The summed E-state index contributed by atoms with van der Waals surface area (Å²) >= 11 is 6.07. The van der Waals surface area contributed by atoms with Crippen LogP contribution in [0.4, 0.5) is 11.5 Å². The maximum atomic E-state index is 12.5. The van der Waals surface area contributed by atoms with Crippen molar-refractivity contribution in [3.05, 3.63) is 46.0 Å². The number of amides is 1. The molecule has 0 radical (unpaired) electrons. The number of methoxy groups -OCH3 is 1. The van der Waals surface area contributed by atoms with E-state index < -0.39 is 11.6 Å². The normalized spacial score (nSPS) is 14.2. The van der Waals surface area contributed by atoms with E-state index in [0.717, 1.165) is 36.4 Å². The van der Waals surface area contributed by atoms with Gasteiger partial charge in [-0.25, -0.2) is 13.9 Å². The summed E-state index contributed by atoms with van der Waals surface area (Å²) in [6.07, 6.45) is 5.13. The maximum Gasteiger partial charge on any atom is 0.352 e. The highest BCUT2D eigenvalue weighted by molar-refractivity contribution is 6.32. The molecule has 1 N–H and O–H groups in total. The van der Waals surface area contributed by atoms with Crippen molar-refractivity contribution in [2.24, 2.45) is 0 Å². The van der Waals surface area contributed by atoms with Crippen molar-refractivity contribution in [1.29, 1.82) is 0 Å². The number of ether oxygens (including phenoxy) is 1. The maximum absolute atomic E-state index is 12.5. The number of anilines is 2. The van der Waals surface area contributed by atoms with Gasteiger partial charge >= 0.3 is 5.69 Å². The topological polar surface area (TPSA) is 93.8 Å². The molecule has 3 heterocycles. The lowest BCUT2D eigenvalue weighted by Crippen LogP contribution is -2.30. The highest BCUT2D eigenvalue weighted by atomic mass is 35.5. The highest BCUT2D eigenvalue weighted by Gasteiger charge is 2.16. The number of hydrogen-bond acceptors (Lipinski definition) is 6. The Labute approximate surface area is 171 Å². The minimum Gasteiger partial charge on any atom is -0.495 e. The van der Waals surface area contributed by atoms with Crippen LogP contribution in [0, 0.1) is 0 Å². The molecule has 1 saturated heterocycles. The van der Waals surface area contributed by atoms with E-state index in [4.69, 9.17) is 16.3 Å². The zero-order valence-corrected chi connectivity index (χ0v) is 16.7. The van der Waals surface area contributed by atoms with Gasteiger partial charge in [-0.15, -0.1) is 5.10 Å². The van der Waals surface area contributed by atoms with E-state index >= 15 is 0 Å². The number of benzene rings is 1. The molecule has 1 aromatic carbocycles. The first-order valence-corrected chi connectivity index (χ1v) is 9.77. The van der Waals surface area contributed by atoms with Crippen LogP contribution in [0.2, 0.25) is 5.02 Å². The fourth-order valence-corrected chi connectivity index (χ4v) is 3.64. The molecular formula is C19H21ClN6O3. The standard InChI is InChI=1S/C19H21ClN6O3/c1-29-15-6-5-13(11-14(15)20)21-17(27)12-26-19(28)25-10-7-16(22-18(25)23-26)24-8-3-2-4-9-24/h5-7,10-11H,2-4,8-9,12H2,1H3,(H,21,27). The van der Waals surface area contributed by atoms with E-state index in [1.165, 1.54) is 17.9 Å². The molecule has 1 aliphatic heterocycles. The van der Waals surface area contributed by atoms with E-state index in [2.05, 4.69) is 20.3 Å². The third-order valence-corrected chi connectivity index (χ3v) is 5.14. The van der Waals surface area contributed by atoms with Crippen LogP contribution in [-0.2, 0) is 11.3 Å². The molecule has 2 aromatic heterocycles. The molecule has 152 valence electrons. The van der Waals surface area contributed by atoms with Gasteiger partial charge in [0.2, 0.25) is 5.91 Å². The molecule has 10 heteroatoms. The van der Waals surface area contributed by atoms with Crippen LogP contribution in [-0.4, -0.2) is 45.3 Å². The van der Waals surface area contributed by atoms with Gasteiger partial charge in [-0.05, 0) is 43.5 Å². The van der Waals surface area contributed by atoms with Gasteiger partial charge in [0.05, 0.1) is 12.1 Å². The minimum absolute atomic E-state index is 0.231. The van der Waals surface area contributed by atoms with Crippen molar-refractivity contribution in [2.75, 3.05) is 30.4 Å². The number of carbonyl (C=O) groups is 1. The zero-order valence-electron chi connectivity index (χ0n) is 16.0. The molecule has 0 bridgehead atoms. The number of piperidine rings is 1. The van der Waals surface area contributed by atoms with E-state index in [0.29, 0.717) is 16.5 Å². The molecule has 0 atom stereocenters. The quantitative estimate of drug-likeness (QED) is 0.685. The summed E-state index contributed by atoms with van der Waals surface area (Å²) in [6.45, 7) is 1.66. The van der Waals surface area contributed by atoms with Crippen LogP contribution >= 0.6 is 11.6 Å². The second-order valence-electron chi connectivity index (χ2n) is 6.84. The van der Waals surface area contributed by atoms with Gasteiger partial charge in [0, 0.05) is 25.0 Å². The van der Waals surface area contributed by atoms with Crippen molar-refractivity contribution < 1.29 is 9.53 Å². The Morgan fingerprint density at radius 3 is 2.76 bits per heavy atom. The van der Waals surface area contributed by atoms with Gasteiger partial charge in [0.15, 0.2) is 0 Å². The number of nitrogens with zero attached hydrogens (tertiary/aromatic N) is 5. The summed E-state index contributed by atoms with van der Waals surface area (Å²) in [4.78, 5) is 31.6. The van der Waals surface area contributed by atoms with E-state index in [9.17, 15) is 9.59 Å². The van der Waals surface area contributed by atoms with E-state index in [-0.39, 0.29) is 12.3 Å². The molecule has 1 fully saturated rings. The Balaban J connectivity index is 1.51. The molecule has 3 aromatic rings. The van der Waals surface area contributed by atoms with Gasteiger partial charge in [0.25, 0.3) is 5.78 Å². The first-order valence-electron chi connectivity index (χ1n) is 9.40. The fraction of sp³-hybridized carbons (Fsp3) is 0.368. The summed E-state index contributed by atoms with van der Waals surface area (Å²) in [5.41, 5.74) is 0.0868. The molecule has 1 amide bonds. The highest BCUT2D eigenvalue weighted by Crippen LogP contribution is 2.27.